The second-order valence-corrected chi connectivity index (χ2v) is 6.38. The maximum absolute atomic E-state index is 12.4. The van der Waals surface area contributed by atoms with Gasteiger partial charge < -0.3 is 0 Å². The molecular formula is C22H18O2. The van der Waals surface area contributed by atoms with Crippen LogP contribution in [0.1, 0.15) is 24.0 Å². The molecule has 2 aliphatic carbocycles. The third kappa shape index (κ3) is 2.54. The number of ketones is 2. The Morgan fingerprint density at radius 1 is 0.583 bits per heavy atom. The normalized spacial score (nSPS) is 23.3. The van der Waals surface area contributed by atoms with Gasteiger partial charge in [-0.05, 0) is 22.3 Å². The quantitative estimate of drug-likeness (QED) is 0.826. The van der Waals surface area contributed by atoms with E-state index in [0.29, 0.717) is 12.8 Å². The van der Waals surface area contributed by atoms with E-state index in [4.69, 9.17) is 0 Å². The Kier molecular flexibility index (Phi) is 3.73. The summed E-state index contributed by atoms with van der Waals surface area (Å²) in [5.41, 5.74) is 4.26. The zero-order chi connectivity index (χ0) is 16.5. The van der Waals surface area contributed by atoms with Gasteiger partial charge in [-0.25, -0.2) is 0 Å². The van der Waals surface area contributed by atoms with E-state index in [0.717, 1.165) is 22.3 Å². The summed E-state index contributed by atoms with van der Waals surface area (Å²) in [6, 6.07) is 20.2. The van der Waals surface area contributed by atoms with Crippen molar-refractivity contribution in [2.24, 2.45) is 11.8 Å². The molecule has 0 N–H and O–H groups in total. The fourth-order valence-electron chi connectivity index (χ4n) is 3.65. The highest BCUT2D eigenvalue weighted by atomic mass is 16.1. The van der Waals surface area contributed by atoms with E-state index in [2.05, 4.69) is 24.3 Å². The van der Waals surface area contributed by atoms with Gasteiger partial charge in [-0.2, -0.15) is 0 Å². The van der Waals surface area contributed by atoms with Crippen molar-refractivity contribution in [3.63, 3.8) is 0 Å². The Balaban J connectivity index is 1.87. The minimum Gasteiger partial charge on any atom is -0.299 e. The molecule has 2 unspecified atom stereocenters. The van der Waals surface area contributed by atoms with E-state index in [9.17, 15) is 9.59 Å². The molecule has 0 heterocycles. The van der Waals surface area contributed by atoms with Gasteiger partial charge >= 0.3 is 0 Å². The monoisotopic (exact) mass is 314 g/mol. The third-order valence-electron chi connectivity index (χ3n) is 4.90. The molecule has 2 aromatic rings. The highest BCUT2D eigenvalue weighted by Gasteiger charge is 2.38. The Hall–Kier alpha value is -2.74. The minimum atomic E-state index is -0.311. The van der Waals surface area contributed by atoms with Crippen LogP contribution in [0.25, 0.3) is 11.1 Å². The first-order chi connectivity index (χ1) is 11.7. The van der Waals surface area contributed by atoms with Gasteiger partial charge in [0.25, 0.3) is 0 Å². The van der Waals surface area contributed by atoms with Crippen molar-refractivity contribution in [2.75, 3.05) is 0 Å². The molecular weight excluding hydrogens is 296 g/mol. The van der Waals surface area contributed by atoms with Crippen molar-refractivity contribution in [3.05, 3.63) is 83.9 Å². The molecule has 118 valence electrons. The highest BCUT2D eigenvalue weighted by molar-refractivity contribution is 6.11. The summed E-state index contributed by atoms with van der Waals surface area (Å²) in [6.07, 6.45) is 4.77. The predicted molar refractivity (Wildman–Crippen MR) is 95.1 cm³/mol. The molecule has 2 aliphatic rings. The van der Waals surface area contributed by atoms with Crippen molar-refractivity contribution >= 4 is 22.7 Å². The number of benzene rings is 2. The maximum Gasteiger partial charge on any atom is 0.141 e. The smallest absolute Gasteiger partial charge is 0.141 e. The van der Waals surface area contributed by atoms with Crippen LogP contribution in [0.5, 0.6) is 0 Å². The lowest BCUT2D eigenvalue weighted by atomic mass is 9.70. The topological polar surface area (TPSA) is 34.1 Å². The molecule has 2 nitrogen and oxygen atoms in total. The molecule has 0 spiro atoms. The lowest BCUT2D eigenvalue weighted by Crippen LogP contribution is -2.34. The molecule has 0 radical (unpaired) electrons. The molecule has 4 rings (SSSR count). The number of hydrogen-bond donors (Lipinski definition) is 0. The summed E-state index contributed by atoms with van der Waals surface area (Å²) in [5, 5.41) is 0. The molecule has 0 amide bonds. The lowest BCUT2D eigenvalue weighted by Gasteiger charge is -2.31. The first-order valence-electron chi connectivity index (χ1n) is 8.34. The molecule has 0 bridgehead atoms. The first-order valence-corrected chi connectivity index (χ1v) is 8.34. The zero-order valence-electron chi connectivity index (χ0n) is 13.3. The average molecular weight is 314 g/mol. The Bertz CT molecular complexity index is 771. The SMILES string of the molecule is O=C1CCC(=O)C2C=C(c3ccccc3)C(c3ccccc3)=CC12. The molecule has 2 aromatic carbocycles. The van der Waals surface area contributed by atoms with Crippen LogP contribution in [-0.4, -0.2) is 11.6 Å². The van der Waals surface area contributed by atoms with Gasteiger partial charge in [-0.15, -0.1) is 0 Å². The molecule has 24 heavy (non-hydrogen) atoms. The van der Waals surface area contributed by atoms with Crippen LogP contribution < -0.4 is 0 Å². The van der Waals surface area contributed by atoms with Crippen LogP contribution in [-0.2, 0) is 9.59 Å². The standard InChI is InChI=1S/C22H18O2/c23-21-11-12-22(24)20-14-18(16-9-5-2-6-10-16)17(13-19(20)21)15-7-3-1-4-8-15/h1-10,13-14,19-20H,11-12H2. The van der Waals surface area contributed by atoms with E-state index in [1.54, 1.807) is 0 Å². The fourth-order valence-corrected chi connectivity index (χ4v) is 3.65. The molecule has 2 heteroatoms. The van der Waals surface area contributed by atoms with Crippen LogP contribution in [0.15, 0.2) is 72.8 Å². The van der Waals surface area contributed by atoms with Gasteiger partial charge in [0.15, 0.2) is 0 Å². The summed E-state index contributed by atoms with van der Waals surface area (Å²) >= 11 is 0. The highest BCUT2D eigenvalue weighted by Crippen LogP contribution is 2.42. The van der Waals surface area contributed by atoms with Crippen LogP contribution in [0.3, 0.4) is 0 Å². The summed E-state index contributed by atoms with van der Waals surface area (Å²) in [6.45, 7) is 0. The predicted octanol–water partition coefficient (Wildman–Crippen LogP) is 4.33. The van der Waals surface area contributed by atoms with Gasteiger partial charge in [0.05, 0.1) is 0 Å². The third-order valence-corrected chi connectivity index (χ3v) is 4.90. The van der Waals surface area contributed by atoms with Gasteiger partial charge in [-0.3, -0.25) is 9.59 Å². The minimum absolute atomic E-state index is 0.177. The van der Waals surface area contributed by atoms with E-state index in [1.165, 1.54) is 0 Å². The number of carbonyl (C=O) groups is 2. The van der Waals surface area contributed by atoms with Crippen molar-refractivity contribution in [3.8, 4) is 0 Å². The molecule has 1 fully saturated rings. The van der Waals surface area contributed by atoms with Crippen LogP contribution in [0.4, 0.5) is 0 Å². The number of Topliss-reactive ketones (excluding diaryl/α,β-unsaturated/α-hetero) is 2. The van der Waals surface area contributed by atoms with E-state index in [1.807, 2.05) is 48.6 Å². The van der Waals surface area contributed by atoms with Gasteiger partial charge in [0.2, 0.25) is 0 Å². The Morgan fingerprint density at radius 2 is 0.958 bits per heavy atom. The fraction of sp³-hybridized carbons (Fsp3) is 0.182. The molecule has 2 atom stereocenters. The van der Waals surface area contributed by atoms with Crippen molar-refractivity contribution < 1.29 is 9.59 Å². The summed E-state index contributed by atoms with van der Waals surface area (Å²) in [5.74, 6) is -0.268. The van der Waals surface area contributed by atoms with Crippen LogP contribution in [0.2, 0.25) is 0 Å². The number of allylic oxidation sites excluding steroid dienone is 4. The summed E-state index contributed by atoms with van der Waals surface area (Å²) < 4.78 is 0. The average Bonchev–Trinajstić information content (AvgIpc) is 2.65. The maximum atomic E-state index is 12.4. The van der Waals surface area contributed by atoms with Crippen LogP contribution in [0, 0.1) is 11.8 Å². The number of fused-ring (bicyclic) bond motifs is 1. The van der Waals surface area contributed by atoms with E-state index in [-0.39, 0.29) is 23.4 Å². The summed E-state index contributed by atoms with van der Waals surface area (Å²) in [4.78, 5) is 24.7. The number of rotatable bonds is 2. The van der Waals surface area contributed by atoms with Crippen LogP contribution >= 0.6 is 0 Å². The Morgan fingerprint density at radius 3 is 1.33 bits per heavy atom. The van der Waals surface area contributed by atoms with Gasteiger partial charge in [-0.1, -0.05) is 72.8 Å². The number of hydrogen-bond acceptors (Lipinski definition) is 2. The Labute approximate surface area is 141 Å². The van der Waals surface area contributed by atoms with E-state index < -0.39 is 0 Å². The second kappa shape index (κ2) is 6.04. The van der Waals surface area contributed by atoms with E-state index >= 15 is 0 Å². The number of carbonyl (C=O) groups excluding carboxylic acids is 2. The zero-order valence-corrected chi connectivity index (χ0v) is 13.3. The van der Waals surface area contributed by atoms with Crippen molar-refractivity contribution in [2.45, 2.75) is 12.8 Å². The first kappa shape index (κ1) is 14.8. The van der Waals surface area contributed by atoms with Gasteiger partial charge in [0, 0.05) is 24.7 Å². The molecule has 0 saturated heterocycles. The molecule has 0 aromatic heterocycles. The molecule has 0 aliphatic heterocycles. The lowest BCUT2D eigenvalue weighted by molar-refractivity contribution is -0.134. The second-order valence-electron chi connectivity index (χ2n) is 6.38. The van der Waals surface area contributed by atoms with Crippen molar-refractivity contribution in [1.29, 1.82) is 0 Å². The largest absolute Gasteiger partial charge is 0.299 e. The summed E-state index contributed by atoms with van der Waals surface area (Å²) in [7, 11) is 0. The molecule has 1 saturated carbocycles. The van der Waals surface area contributed by atoms with Gasteiger partial charge in [0.1, 0.15) is 11.6 Å². The van der Waals surface area contributed by atoms with Crippen molar-refractivity contribution in [1.82, 2.24) is 0 Å².